The molecule has 0 aromatic heterocycles. The van der Waals surface area contributed by atoms with Gasteiger partial charge < -0.3 is 16.2 Å². The summed E-state index contributed by atoms with van der Waals surface area (Å²) in [4.78, 5) is 12.2. The van der Waals surface area contributed by atoms with E-state index < -0.39 is 11.6 Å². The number of aliphatic hydroxyl groups excluding tert-OH is 1. The van der Waals surface area contributed by atoms with E-state index in [2.05, 4.69) is 5.32 Å². The van der Waals surface area contributed by atoms with E-state index in [0.717, 1.165) is 31.2 Å². The standard InChI is InChI=1S/C16H24N2O2/c1-12(11-14(19)13-7-3-2-4-8-13)18-15(20)16(17)9-5-6-10-16/h2-4,7-8,12,14,19H,5-6,9-11,17H2,1H3,(H,18,20). The van der Waals surface area contributed by atoms with Crippen molar-refractivity contribution in [3.63, 3.8) is 0 Å². The number of carbonyl (C=O) groups is 1. The molecule has 2 rings (SSSR count). The molecule has 20 heavy (non-hydrogen) atoms. The summed E-state index contributed by atoms with van der Waals surface area (Å²) in [6.45, 7) is 1.91. The van der Waals surface area contributed by atoms with E-state index in [4.69, 9.17) is 5.73 Å². The van der Waals surface area contributed by atoms with E-state index in [1.807, 2.05) is 37.3 Å². The van der Waals surface area contributed by atoms with Crippen molar-refractivity contribution < 1.29 is 9.90 Å². The van der Waals surface area contributed by atoms with Gasteiger partial charge >= 0.3 is 0 Å². The zero-order valence-corrected chi connectivity index (χ0v) is 12.0. The van der Waals surface area contributed by atoms with Crippen molar-refractivity contribution in [2.45, 2.75) is 56.7 Å². The Morgan fingerprint density at radius 2 is 1.95 bits per heavy atom. The van der Waals surface area contributed by atoms with Gasteiger partial charge in [-0.1, -0.05) is 43.2 Å². The molecule has 1 saturated carbocycles. The van der Waals surface area contributed by atoms with Crippen molar-refractivity contribution in [1.82, 2.24) is 5.32 Å². The Labute approximate surface area is 120 Å². The van der Waals surface area contributed by atoms with Gasteiger partial charge in [-0.3, -0.25) is 4.79 Å². The molecule has 0 radical (unpaired) electrons. The first kappa shape index (κ1) is 15.0. The lowest BCUT2D eigenvalue weighted by atomic mass is 9.96. The monoisotopic (exact) mass is 276 g/mol. The van der Waals surface area contributed by atoms with Gasteiger partial charge in [0.2, 0.25) is 5.91 Å². The van der Waals surface area contributed by atoms with E-state index in [1.165, 1.54) is 0 Å². The fourth-order valence-electron chi connectivity index (χ4n) is 2.81. The Balaban J connectivity index is 1.86. The van der Waals surface area contributed by atoms with Gasteiger partial charge in [0.25, 0.3) is 0 Å². The molecule has 2 atom stereocenters. The van der Waals surface area contributed by atoms with Crippen LogP contribution in [0.15, 0.2) is 30.3 Å². The summed E-state index contributed by atoms with van der Waals surface area (Å²) in [5.41, 5.74) is 6.29. The van der Waals surface area contributed by atoms with Crippen LogP contribution in [-0.4, -0.2) is 22.6 Å². The van der Waals surface area contributed by atoms with Crippen LogP contribution in [0, 0.1) is 0 Å². The number of rotatable bonds is 5. The lowest BCUT2D eigenvalue weighted by Crippen LogP contribution is -2.54. The molecule has 1 aromatic rings. The number of amides is 1. The molecular weight excluding hydrogens is 252 g/mol. The number of hydrogen-bond acceptors (Lipinski definition) is 3. The number of hydrogen-bond donors (Lipinski definition) is 3. The van der Waals surface area contributed by atoms with Crippen LogP contribution in [0.25, 0.3) is 0 Å². The van der Waals surface area contributed by atoms with Crippen LogP contribution in [0.2, 0.25) is 0 Å². The zero-order chi connectivity index (χ0) is 14.6. The van der Waals surface area contributed by atoms with Gasteiger partial charge in [-0.15, -0.1) is 0 Å². The smallest absolute Gasteiger partial charge is 0.240 e. The zero-order valence-electron chi connectivity index (χ0n) is 12.0. The highest BCUT2D eigenvalue weighted by molar-refractivity contribution is 5.86. The van der Waals surface area contributed by atoms with Crippen LogP contribution in [-0.2, 0) is 4.79 Å². The summed E-state index contributed by atoms with van der Waals surface area (Å²) in [5.74, 6) is -0.0808. The van der Waals surface area contributed by atoms with Crippen LogP contribution in [0.1, 0.15) is 50.7 Å². The highest BCUT2D eigenvalue weighted by atomic mass is 16.3. The molecule has 0 bridgehead atoms. The van der Waals surface area contributed by atoms with Crippen molar-refractivity contribution >= 4 is 5.91 Å². The molecule has 1 aromatic carbocycles. The first-order chi connectivity index (χ1) is 9.51. The Hall–Kier alpha value is -1.39. The number of nitrogens with one attached hydrogen (secondary N) is 1. The van der Waals surface area contributed by atoms with Crippen LogP contribution in [0.3, 0.4) is 0 Å². The maximum atomic E-state index is 12.2. The molecule has 110 valence electrons. The SMILES string of the molecule is CC(CC(O)c1ccccc1)NC(=O)C1(N)CCCC1. The van der Waals surface area contributed by atoms with Crippen molar-refractivity contribution in [3.8, 4) is 0 Å². The van der Waals surface area contributed by atoms with Gasteiger partial charge in [-0.05, 0) is 31.7 Å². The Morgan fingerprint density at radius 1 is 1.35 bits per heavy atom. The second-order valence-electron chi connectivity index (χ2n) is 5.90. The maximum Gasteiger partial charge on any atom is 0.240 e. The molecule has 1 aliphatic rings. The topological polar surface area (TPSA) is 75.3 Å². The molecule has 4 nitrogen and oxygen atoms in total. The lowest BCUT2D eigenvalue weighted by molar-refractivity contribution is -0.127. The van der Waals surface area contributed by atoms with Crippen LogP contribution >= 0.6 is 0 Å². The average Bonchev–Trinajstić information content (AvgIpc) is 2.88. The van der Waals surface area contributed by atoms with E-state index in [9.17, 15) is 9.90 Å². The van der Waals surface area contributed by atoms with Gasteiger partial charge in [0.05, 0.1) is 11.6 Å². The molecule has 0 saturated heterocycles. The highest BCUT2D eigenvalue weighted by Gasteiger charge is 2.37. The Morgan fingerprint density at radius 3 is 2.55 bits per heavy atom. The summed E-state index contributed by atoms with van der Waals surface area (Å²) < 4.78 is 0. The third kappa shape index (κ3) is 3.58. The molecule has 2 unspecified atom stereocenters. The van der Waals surface area contributed by atoms with E-state index in [1.54, 1.807) is 0 Å². The first-order valence-electron chi connectivity index (χ1n) is 7.34. The van der Waals surface area contributed by atoms with Crippen molar-refractivity contribution in [2.75, 3.05) is 0 Å². The number of benzene rings is 1. The molecule has 0 aliphatic heterocycles. The second-order valence-corrected chi connectivity index (χ2v) is 5.90. The predicted octanol–water partition coefficient (Wildman–Crippen LogP) is 1.89. The van der Waals surface area contributed by atoms with E-state index in [0.29, 0.717) is 6.42 Å². The fourth-order valence-corrected chi connectivity index (χ4v) is 2.81. The van der Waals surface area contributed by atoms with Crippen LogP contribution in [0.5, 0.6) is 0 Å². The second kappa shape index (κ2) is 6.37. The molecule has 1 amide bonds. The minimum atomic E-state index is -0.702. The van der Waals surface area contributed by atoms with Gasteiger partial charge in [0.15, 0.2) is 0 Å². The van der Waals surface area contributed by atoms with E-state index in [-0.39, 0.29) is 11.9 Å². The quantitative estimate of drug-likeness (QED) is 0.768. The molecule has 4 N–H and O–H groups in total. The number of aliphatic hydroxyl groups is 1. The van der Waals surface area contributed by atoms with Gasteiger partial charge in [-0.25, -0.2) is 0 Å². The molecular formula is C16H24N2O2. The van der Waals surface area contributed by atoms with Crippen LogP contribution < -0.4 is 11.1 Å². The van der Waals surface area contributed by atoms with Crippen molar-refractivity contribution in [3.05, 3.63) is 35.9 Å². The fraction of sp³-hybridized carbons (Fsp3) is 0.562. The first-order valence-corrected chi connectivity index (χ1v) is 7.34. The molecule has 0 heterocycles. The maximum absolute atomic E-state index is 12.2. The summed E-state index contributed by atoms with van der Waals surface area (Å²) in [5, 5.41) is 13.1. The van der Waals surface area contributed by atoms with Crippen molar-refractivity contribution in [2.24, 2.45) is 5.73 Å². The van der Waals surface area contributed by atoms with Gasteiger partial charge in [0.1, 0.15) is 0 Å². The molecule has 1 fully saturated rings. The van der Waals surface area contributed by atoms with Crippen LogP contribution in [0.4, 0.5) is 0 Å². The normalized spacial score (nSPS) is 20.4. The summed E-state index contributed by atoms with van der Waals surface area (Å²) in [6.07, 6.45) is 3.48. The number of nitrogens with two attached hydrogens (primary N) is 1. The van der Waals surface area contributed by atoms with E-state index >= 15 is 0 Å². The average molecular weight is 276 g/mol. The largest absolute Gasteiger partial charge is 0.388 e. The van der Waals surface area contributed by atoms with Gasteiger partial charge in [-0.2, -0.15) is 0 Å². The minimum absolute atomic E-state index is 0.0808. The highest BCUT2D eigenvalue weighted by Crippen LogP contribution is 2.27. The molecule has 1 aliphatic carbocycles. The minimum Gasteiger partial charge on any atom is -0.388 e. The van der Waals surface area contributed by atoms with Gasteiger partial charge in [0, 0.05) is 6.04 Å². The Kier molecular flexibility index (Phi) is 4.78. The summed E-state index contributed by atoms with van der Waals surface area (Å²) in [6, 6.07) is 9.39. The molecule has 0 spiro atoms. The summed E-state index contributed by atoms with van der Waals surface area (Å²) >= 11 is 0. The Bertz CT molecular complexity index is 441. The molecule has 4 heteroatoms. The summed E-state index contributed by atoms with van der Waals surface area (Å²) in [7, 11) is 0. The van der Waals surface area contributed by atoms with Crippen molar-refractivity contribution in [1.29, 1.82) is 0 Å². The third-order valence-electron chi connectivity index (χ3n) is 4.09. The predicted molar refractivity (Wildman–Crippen MR) is 79.0 cm³/mol. The number of carbonyl (C=O) groups excluding carboxylic acids is 1. The third-order valence-corrected chi connectivity index (χ3v) is 4.09. The lowest BCUT2D eigenvalue weighted by Gasteiger charge is -2.26.